The first-order chi connectivity index (χ1) is 5.13. The SMILES string of the molecule is NC(=O)C1=NN=NC1=S(=O)=O. The molecule has 0 saturated heterocycles. The zero-order valence-corrected chi connectivity index (χ0v) is 5.87. The second kappa shape index (κ2) is 2.58. The lowest BCUT2D eigenvalue weighted by atomic mass is 10.4. The summed E-state index contributed by atoms with van der Waals surface area (Å²) in [6.07, 6.45) is 0. The summed E-state index contributed by atoms with van der Waals surface area (Å²) < 4.78 is 20.5. The quantitative estimate of drug-likeness (QED) is 0.478. The molecule has 1 heterocycles. The largest absolute Gasteiger partial charge is 0.364 e. The summed E-state index contributed by atoms with van der Waals surface area (Å²) in [5.41, 5.74) is 4.31. The van der Waals surface area contributed by atoms with Crippen LogP contribution >= 0.6 is 0 Å². The molecule has 0 atom stereocenters. The fourth-order valence-corrected chi connectivity index (χ4v) is 0.867. The Hall–Kier alpha value is -1.57. The number of hydrogen-bond acceptors (Lipinski definition) is 5. The Balaban J connectivity index is 3.27. The van der Waals surface area contributed by atoms with Gasteiger partial charge in [0.25, 0.3) is 5.91 Å². The summed E-state index contributed by atoms with van der Waals surface area (Å²) in [5.74, 6) is -0.964. The maximum Gasteiger partial charge on any atom is 0.272 e. The lowest BCUT2D eigenvalue weighted by Crippen LogP contribution is -2.28. The fraction of sp³-hybridized carbons (Fsp3) is 0. The lowest BCUT2D eigenvalue weighted by molar-refractivity contribution is -0.111. The van der Waals surface area contributed by atoms with E-state index in [0.717, 1.165) is 0 Å². The smallest absolute Gasteiger partial charge is 0.272 e. The zero-order chi connectivity index (χ0) is 8.43. The van der Waals surface area contributed by atoms with E-state index >= 15 is 0 Å². The number of amides is 1. The number of nitrogens with two attached hydrogens (primary N) is 1. The molecule has 0 spiro atoms. The van der Waals surface area contributed by atoms with Crippen LogP contribution in [-0.4, -0.2) is 25.0 Å². The Bertz CT molecular complexity index is 381. The van der Waals surface area contributed by atoms with Crippen LogP contribution in [-0.2, 0) is 15.1 Å². The van der Waals surface area contributed by atoms with Crippen molar-refractivity contribution in [3.8, 4) is 0 Å². The summed E-state index contributed by atoms with van der Waals surface area (Å²) >= 11 is 0. The van der Waals surface area contributed by atoms with Crippen LogP contribution in [0.25, 0.3) is 0 Å². The number of rotatable bonds is 1. The molecule has 0 aromatic rings. The van der Waals surface area contributed by atoms with Gasteiger partial charge in [-0.15, -0.1) is 10.2 Å². The van der Waals surface area contributed by atoms with E-state index in [4.69, 9.17) is 5.73 Å². The summed E-state index contributed by atoms with van der Waals surface area (Å²) in [7, 11) is -2.62. The summed E-state index contributed by atoms with van der Waals surface area (Å²) in [6, 6.07) is 0. The fourth-order valence-electron chi connectivity index (χ4n) is 0.465. The Labute approximate surface area is 62.1 Å². The van der Waals surface area contributed by atoms with Gasteiger partial charge in [0.2, 0.25) is 15.3 Å². The molecule has 1 rings (SSSR count). The van der Waals surface area contributed by atoms with Crippen LogP contribution in [0.15, 0.2) is 15.4 Å². The zero-order valence-electron chi connectivity index (χ0n) is 5.05. The third-order valence-corrected chi connectivity index (χ3v) is 1.46. The Morgan fingerprint density at radius 1 is 1.45 bits per heavy atom. The molecule has 11 heavy (non-hydrogen) atoms. The van der Waals surface area contributed by atoms with Crippen LogP contribution in [0.5, 0.6) is 0 Å². The van der Waals surface area contributed by atoms with Gasteiger partial charge in [-0.25, -0.2) is 0 Å². The monoisotopic (exact) mass is 174 g/mol. The Kier molecular flexibility index (Phi) is 1.77. The van der Waals surface area contributed by atoms with Gasteiger partial charge in [0.15, 0.2) is 5.71 Å². The van der Waals surface area contributed by atoms with Crippen LogP contribution in [0.2, 0.25) is 0 Å². The number of carbonyl (C=O) groups excluding carboxylic acids is 1. The van der Waals surface area contributed by atoms with E-state index < -0.39 is 26.9 Å². The van der Waals surface area contributed by atoms with E-state index in [-0.39, 0.29) is 0 Å². The number of carbonyl (C=O) groups is 1. The number of hydrogen-bond donors (Lipinski definition) is 1. The van der Waals surface area contributed by atoms with Gasteiger partial charge in [-0.2, -0.15) is 8.42 Å². The molecule has 1 aliphatic rings. The van der Waals surface area contributed by atoms with Gasteiger partial charge in [-0.3, -0.25) is 4.79 Å². The molecule has 8 heteroatoms. The van der Waals surface area contributed by atoms with Crippen LogP contribution < -0.4 is 5.73 Å². The standard InChI is InChI=1S/C3H2N4O3S/c4-2(8)1-3(11(9)10)6-7-5-1/h(H2,4,8). The highest BCUT2D eigenvalue weighted by Crippen LogP contribution is 1.96. The highest BCUT2D eigenvalue weighted by Gasteiger charge is 2.20. The van der Waals surface area contributed by atoms with Crippen molar-refractivity contribution in [3.05, 3.63) is 0 Å². The van der Waals surface area contributed by atoms with Crippen molar-refractivity contribution >= 4 is 26.9 Å². The van der Waals surface area contributed by atoms with E-state index in [1.54, 1.807) is 0 Å². The third-order valence-electron chi connectivity index (χ3n) is 0.874. The highest BCUT2D eigenvalue weighted by molar-refractivity contribution is 7.75. The van der Waals surface area contributed by atoms with Crippen molar-refractivity contribution < 1.29 is 13.2 Å². The predicted octanol–water partition coefficient (Wildman–Crippen LogP) is -1.70. The van der Waals surface area contributed by atoms with Crippen molar-refractivity contribution in [1.82, 2.24) is 0 Å². The second-order valence-corrected chi connectivity index (χ2v) is 2.40. The molecular weight excluding hydrogens is 172 g/mol. The second-order valence-electron chi connectivity index (χ2n) is 1.54. The van der Waals surface area contributed by atoms with Crippen molar-refractivity contribution in [2.45, 2.75) is 0 Å². The predicted molar refractivity (Wildman–Crippen MR) is 35.4 cm³/mol. The molecule has 0 aliphatic carbocycles. The van der Waals surface area contributed by atoms with Crippen LogP contribution in [0, 0.1) is 0 Å². The van der Waals surface area contributed by atoms with Crippen LogP contribution in [0.1, 0.15) is 0 Å². The van der Waals surface area contributed by atoms with Crippen LogP contribution in [0.4, 0.5) is 0 Å². The average Bonchev–Trinajstić information content (AvgIpc) is 2.32. The molecule has 0 aromatic carbocycles. The van der Waals surface area contributed by atoms with E-state index in [0.29, 0.717) is 0 Å². The molecule has 0 saturated carbocycles. The molecule has 1 amide bonds. The first kappa shape index (κ1) is 7.54. The Morgan fingerprint density at radius 2 is 2.09 bits per heavy atom. The van der Waals surface area contributed by atoms with Gasteiger partial charge in [0.05, 0.1) is 0 Å². The van der Waals surface area contributed by atoms with Crippen molar-refractivity contribution in [1.29, 1.82) is 0 Å². The van der Waals surface area contributed by atoms with Crippen molar-refractivity contribution in [3.63, 3.8) is 0 Å². The number of nitrogens with zero attached hydrogens (tertiary/aromatic N) is 3. The van der Waals surface area contributed by atoms with Gasteiger partial charge in [-0.1, -0.05) is 0 Å². The van der Waals surface area contributed by atoms with Crippen molar-refractivity contribution in [2.75, 3.05) is 0 Å². The molecule has 0 fully saturated rings. The summed E-state index contributed by atoms with van der Waals surface area (Å²) in [5, 5.41) is 9.14. The van der Waals surface area contributed by atoms with E-state index in [1.165, 1.54) is 0 Å². The maximum absolute atomic E-state index is 10.4. The molecule has 0 aromatic heterocycles. The topological polar surface area (TPSA) is 114 Å². The lowest BCUT2D eigenvalue weighted by Gasteiger charge is -1.84. The molecule has 0 radical (unpaired) electrons. The first-order valence-electron chi connectivity index (χ1n) is 2.38. The van der Waals surface area contributed by atoms with Gasteiger partial charge in [0.1, 0.15) is 0 Å². The average molecular weight is 174 g/mol. The Morgan fingerprint density at radius 3 is 2.45 bits per heavy atom. The number of primary amides is 1. The molecule has 0 unspecified atom stereocenters. The minimum atomic E-state index is -2.62. The minimum Gasteiger partial charge on any atom is -0.364 e. The van der Waals surface area contributed by atoms with Gasteiger partial charge >= 0.3 is 0 Å². The first-order valence-corrected chi connectivity index (χ1v) is 3.45. The summed E-state index contributed by atoms with van der Waals surface area (Å²) in [6.45, 7) is 0. The minimum absolute atomic E-state index is 0.432. The molecular formula is C3H2N4O3S. The van der Waals surface area contributed by atoms with Crippen molar-refractivity contribution in [2.24, 2.45) is 21.2 Å². The normalized spacial score (nSPS) is 14.9. The molecule has 0 bridgehead atoms. The van der Waals surface area contributed by atoms with E-state index in [9.17, 15) is 13.2 Å². The third kappa shape index (κ3) is 1.29. The van der Waals surface area contributed by atoms with E-state index in [1.807, 2.05) is 0 Å². The molecule has 2 N–H and O–H groups in total. The molecule has 1 aliphatic heterocycles. The molecule has 58 valence electrons. The van der Waals surface area contributed by atoms with Gasteiger partial charge in [-0.05, 0) is 5.22 Å². The highest BCUT2D eigenvalue weighted by atomic mass is 32.2. The summed E-state index contributed by atoms with van der Waals surface area (Å²) in [4.78, 5) is 9.88. The maximum atomic E-state index is 10.4. The van der Waals surface area contributed by atoms with Crippen LogP contribution in [0.3, 0.4) is 0 Å². The molecule has 7 nitrogen and oxygen atoms in total. The van der Waals surface area contributed by atoms with Gasteiger partial charge < -0.3 is 5.73 Å². The van der Waals surface area contributed by atoms with Gasteiger partial charge in [0, 0.05) is 0 Å². The van der Waals surface area contributed by atoms with E-state index in [2.05, 4.69) is 15.4 Å².